The number of nitrogens with one attached hydrogen (secondary N) is 1. The number of halogens is 1. The SMILES string of the molecule is Cc1cc(NC2CC(c3ccccc3C)C2)ccc1F. The number of rotatable bonds is 3. The van der Waals surface area contributed by atoms with E-state index in [9.17, 15) is 4.39 Å². The van der Waals surface area contributed by atoms with Crippen LogP contribution in [0.25, 0.3) is 0 Å². The van der Waals surface area contributed by atoms with E-state index in [0.717, 1.165) is 18.5 Å². The molecule has 0 aromatic heterocycles. The minimum atomic E-state index is -0.137. The van der Waals surface area contributed by atoms with Gasteiger partial charge in [-0.3, -0.25) is 0 Å². The molecule has 0 spiro atoms. The summed E-state index contributed by atoms with van der Waals surface area (Å²) in [6.07, 6.45) is 2.31. The Bertz CT molecular complexity index is 615. The third-order valence-electron chi connectivity index (χ3n) is 4.30. The molecule has 0 unspecified atom stereocenters. The van der Waals surface area contributed by atoms with Crippen molar-refractivity contribution in [3.8, 4) is 0 Å². The first kappa shape index (κ1) is 13.2. The highest BCUT2D eigenvalue weighted by molar-refractivity contribution is 5.47. The van der Waals surface area contributed by atoms with Crippen LogP contribution in [-0.4, -0.2) is 6.04 Å². The van der Waals surface area contributed by atoms with Crippen molar-refractivity contribution in [3.63, 3.8) is 0 Å². The Morgan fingerprint density at radius 2 is 1.75 bits per heavy atom. The maximum absolute atomic E-state index is 13.2. The first-order valence-corrected chi connectivity index (χ1v) is 7.21. The van der Waals surface area contributed by atoms with E-state index < -0.39 is 0 Å². The second-order valence-corrected chi connectivity index (χ2v) is 5.83. The first-order valence-electron chi connectivity index (χ1n) is 7.21. The van der Waals surface area contributed by atoms with E-state index in [1.165, 1.54) is 17.2 Å². The fourth-order valence-corrected chi connectivity index (χ4v) is 3.00. The van der Waals surface area contributed by atoms with E-state index in [2.05, 4.69) is 36.5 Å². The molecule has 0 bridgehead atoms. The van der Waals surface area contributed by atoms with E-state index in [1.807, 2.05) is 12.1 Å². The molecule has 0 heterocycles. The summed E-state index contributed by atoms with van der Waals surface area (Å²) in [5.41, 5.74) is 4.58. The summed E-state index contributed by atoms with van der Waals surface area (Å²) < 4.78 is 13.2. The summed E-state index contributed by atoms with van der Waals surface area (Å²) in [4.78, 5) is 0. The molecule has 1 saturated carbocycles. The third-order valence-corrected chi connectivity index (χ3v) is 4.30. The Hall–Kier alpha value is -1.83. The molecule has 0 aliphatic heterocycles. The Balaban J connectivity index is 1.61. The highest BCUT2D eigenvalue weighted by atomic mass is 19.1. The maximum Gasteiger partial charge on any atom is 0.126 e. The zero-order valence-electron chi connectivity index (χ0n) is 12.0. The summed E-state index contributed by atoms with van der Waals surface area (Å²) in [5.74, 6) is 0.525. The van der Waals surface area contributed by atoms with E-state index in [1.54, 1.807) is 6.92 Å². The molecule has 1 aliphatic rings. The standard InChI is InChI=1S/C18H20FN/c1-12-5-3-4-6-17(12)14-10-16(11-14)20-15-7-8-18(19)13(2)9-15/h3-9,14,16,20H,10-11H2,1-2H3. The number of anilines is 1. The molecule has 0 saturated heterocycles. The van der Waals surface area contributed by atoms with Crippen LogP contribution in [-0.2, 0) is 0 Å². The van der Waals surface area contributed by atoms with Gasteiger partial charge in [-0.05, 0) is 67.5 Å². The van der Waals surface area contributed by atoms with Crippen LogP contribution in [0.15, 0.2) is 42.5 Å². The lowest BCUT2D eigenvalue weighted by molar-refractivity contribution is 0.373. The lowest BCUT2D eigenvalue weighted by Gasteiger charge is -2.37. The number of hydrogen-bond donors (Lipinski definition) is 1. The maximum atomic E-state index is 13.2. The van der Waals surface area contributed by atoms with E-state index >= 15 is 0 Å². The Labute approximate surface area is 119 Å². The highest BCUT2D eigenvalue weighted by Gasteiger charge is 2.30. The van der Waals surface area contributed by atoms with Gasteiger partial charge in [-0.2, -0.15) is 0 Å². The predicted molar refractivity (Wildman–Crippen MR) is 81.7 cm³/mol. The van der Waals surface area contributed by atoms with Gasteiger partial charge in [0.15, 0.2) is 0 Å². The average molecular weight is 269 g/mol. The molecule has 1 nitrogen and oxygen atoms in total. The van der Waals surface area contributed by atoms with Crippen LogP contribution in [0.2, 0.25) is 0 Å². The monoisotopic (exact) mass is 269 g/mol. The number of aryl methyl sites for hydroxylation is 2. The zero-order chi connectivity index (χ0) is 14.1. The second-order valence-electron chi connectivity index (χ2n) is 5.83. The van der Waals surface area contributed by atoms with Crippen LogP contribution < -0.4 is 5.32 Å². The fraction of sp³-hybridized carbons (Fsp3) is 0.333. The molecular weight excluding hydrogens is 249 g/mol. The second kappa shape index (κ2) is 5.28. The van der Waals surface area contributed by atoms with Gasteiger partial charge in [0.2, 0.25) is 0 Å². The summed E-state index contributed by atoms with van der Waals surface area (Å²) in [6, 6.07) is 14.4. The molecule has 1 aliphatic carbocycles. The summed E-state index contributed by atoms with van der Waals surface area (Å²) >= 11 is 0. The summed E-state index contributed by atoms with van der Waals surface area (Å²) in [7, 11) is 0. The van der Waals surface area contributed by atoms with Crippen LogP contribution >= 0.6 is 0 Å². The molecule has 1 fully saturated rings. The molecule has 1 N–H and O–H groups in total. The third kappa shape index (κ3) is 2.55. The van der Waals surface area contributed by atoms with E-state index in [4.69, 9.17) is 0 Å². The molecule has 3 rings (SSSR count). The molecule has 2 heteroatoms. The molecule has 0 amide bonds. The molecular formula is C18H20FN. The van der Waals surface area contributed by atoms with Crippen molar-refractivity contribution in [2.75, 3.05) is 5.32 Å². The van der Waals surface area contributed by atoms with Gasteiger partial charge in [-0.25, -0.2) is 4.39 Å². The molecule has 0 atom stereocenters. The Morgan fingerprint density at radius 1 is 1.00 bits per heavy atom. The number of hydrogen-bond acceptors (Lipinski definition) is 1. The summed E-state index contributed by atoms with van der Waals surface area (Å²) in [5, 5.41) is 3.50. The predicted octanol–water partition coefficient (Wildman–Crippen LogP) is 4.80. The minimum absolute atomic E-state index is 0.137. The molecule has 2 aromatic carbocycles. The van der Waals surface area contributed by atoms with E-state index in [-0.39, 0.29) is 5.82 Å². The summed E-state index contributed by atoms with van der Waals surface area (Å²) in [6.45, 7) is 3.98. The zero-order valence-corrected chi connectivity index (χ0v) is 12.0. The van der Waals surface area contributed by atoms with Gasteiger partial charge in [0.1, 0.15) is 5.82 Å². The van der Waals surface area contributed by atoms with Gasteiger partial charge < -0.3 is 5.32 Å². The van der Waals surface area contributed by atoms with Gasteiger partial charge in [0, 0.05) is 11.7 Å². The first-order chi connectivity index (χ1) is 9.63. The van der Waals surface area contributed by atoms with Crippen LogP contribution in [0.4, 0.5) is 10.1 Å². The van der Waals surface area contributed by atoms with Crippen LogP contribution in [0, 0.1) is 19.7 Å². The van der Waals surface area contributed by atoms with Crippen LogP contribution in [0.1, 0.15) is 35.4 Å². The minimum Gasteiger partial charge on any atom is -0.382 e. The smallest absolute Gasteiger partial charge is 0.126 e. The van der Waals surface area contributed by atoms with Crippen molar-refractivity contribution in [2.24, 2.45) is 0 Å². The molecule has 0 radical (unpaired) electrons. The average Bonchev–Trinajstić information content (AvgIpc) is 2.39. The van der Waals surface area contributed by atoms with Crippen molar-refractivity contribution < 1.29 is 4.39 Å². The Morgan fingerprint density at radius 3 is 2.45 bits per heavy atom. The van der Waals surface area contributed by atoms with Gasteiger partial charge >= 0.3 is 0 Å². The van der Waals surface area contributed by atoms with Crippen LogP contribution in [0.5, 0.6) is 0 Å². The topological polar surface area (TPSA) is 12.0 Å². The largest absolute Gasteiger partial charge is 0.382 e. The highest BCUT2D eigenvalue weighted by Crippen LogP contribution is 2.39. The van der Waals surface area contributed by atoms with Gasteiger partial charge in [0.05, 0.1) is 0 Å². The lowest BCUT2D eigenvalue weighted by Crippen LogP contribution is -2.34. The molecule has 2 aromatic rings. The molecule has 20 heavy (non-hydrogen) atoms. The Kier molecular flexibility index (Phi) is 3.47. The van der Waals surface area contributed by atoms with Crippen molar-refractivity contribution >= 4 is 5.69 Å². The van der Waals surface area contributed by atoms with Crippen molar-refractivity contribution in [1.82, 2.24) is 0 Å². The molecule has 104 valence electrons. The lowest BCUT2D eigenvalue weighted by atomic mass is 9.74. The van der Waals surface area contributed by atoms with Crippen molar-refractivity contribution in [1.29, 1.82) is 0 Å². The van der Waals surface area contributed by atoms with Gasteiger partial charge in [-0.1, -0.05) is 24.3 Å². The fourth-order valence-electron chi connectivity index (χ4n) is 3.00. The normalized spacial score (nSPS) is 21.4. The van der Waals surface area contributed by atoms with Crippen molar-refractivity contribution in [2.45, 2.75) is 38.6 Å². The van der Waals surface area contributed by atoms with E-state index in [0.29, 0.717) is 17.5 Å². The van der Waals surface area contributed by atoms with Crippen LogP contribution in [0.3, 0.4) is 0 Å². The van der Waals surface area contributed by atoms with Gasteiger partial charge in [0.25, 0.3) is 0 Å². The van der Waals surface area contributed by atoms with Gasteiger partial charge in [-0.15, -0.1) is 0 Å². The quantitative estimate of drug-likeness (QED) is 0.844. The van der Waals surface area contributed by atoms with Crippen molar-refractivity contribution in [3.05, 3.63) is 65.0 Å². The number of benzene rings is 2.